The SMILES string of the molecule is CC(C)(C)C(=O)NCC1CCC(C(=O)C(C)(C)C)CC1. The Bertz CT molecular complexity index is 352. The van der Waals surface area contributed by atoms with Crippen molar-refractivity contribution in [3.63, 3.8) is 0 Å². The number of hydrogen-bond acceptors (Lipinski definition) is 2. The Labute approximate surface area is 123 Å². The third kappa shape index (κ3) is 4.92. The predicted molar refractivity (Wildman–Crippen MR) is 82.4 cm³/mol. The molecule has 0 unspecified atom stereocenters. The van der Waals surface area contributed by atoms with E-state index in [0.29, 0.717) is 11.7 Å². The zero-order chi connectivity index (χ0) is 15.6. The van der Waals surface area contributed by atoms with Gasteiger partial charge in [0.25, 0.3) is 0 Å². The number of amides is 1. The summed E-state index contributed by atoms with van der Waals surface area (Å²) in [6, 6.07) is 0. The van der Waals surface area contributed by atoms with E-state index in [9.17, 15) is 9.59 Å². The first-order valence-electron chi connectivity index (χ1n) is 7.84. The van der Waals surface area contributed by atoms with Crippen LogP contribution in [0.1, 0.15) is 67.2 Å². The van der Waals surface area contributed by atoms with Crippen LogP contribution in [0.5, 0.6) is 0 Å². The van der Waals surface area contributed by atoms with Gasteiger partial charge in [0.1, 0.15) is 5.78 Å². The zero-order valence-electron chi connectivity index (χ0n) is 14.0. The van der Waals surface area contributed by atoms with Crippen molar-refractivity contribution in [2.75, 3.05) is 6.54 Å². The number of hydrogen-bond donors (Lipinski definition) is 1. The second kappa shape index (κ2) is 6.28. The van der Waals surface area contributed by atoms with Gasteiger partial charge in [0.05, 0.1) is 0 Å². The first kappa shape index (κ1) is 17.2. The van der Waals surface area contributed by atoms with Gasteiger partial charge in [-0.3, -0.25) is 9.59 Å². The molecule has 0 radical (unpaired) electrons. The Morgan fingerprint density at radius 2 is 1.40 bits per heavy atom. The van der Waals surface area contributed by atoms with E-state index in [-0.39, 0.29) is 22.7 Å². The average molecular weight is 281 g/mol. The Kier molecular flexibility index (Phi) is 5.39. The van der Waals surface area contributed by atoms with Gasteiger partial charge in [0.2, 0.25) is 5.91 Å². The van der Waals surface area contributed by atoms with E-state index in [2.05, 4.69) is 5.32 Å². The molecule has 0 aromatic carbocycles. The van der Waals surface area contributed by atoms with Crippen LogP contribution in [-0.2, 0) is 9.59 Å². The lowest BCUT2D eigenvalue weighted by atomic mass is 9.73. The molecule has 0 saturated heterocycles. The molecule has 0 spiro atoms. The molecule has 20 heavy (non-hydrogen) atoms. The maximum absolute atomic E-state index is 12.3. The highest BCUT2D eigenvalue weighted by Gasteiger charge is 2.33. The number of ketones is 1. The lowest BCUT2D eigenvalue weighted by Crippen LogP contribution is -2.39. The van der Waals surface area contributed by atoms with Crippen LogP contribution in [0, 0.1) is 22.7 Å². The van der Waals surface area contributed by atoms with Gasteiger partial charge >= 0.3 is 0 Å². The Morgan fingerprint density at radius 3 is 1.80 bits per heavy atom. The first-order chi connectivity index (χ1) is 9.01. The van der Waals surface area contributed by atoms with Crippen LogP contribution in [0.3, 0.4) is 0 Å². The number of rotatable bonds is 3. The molecule has 1 amide bonds. The summed E-state index contributed by atoms with van der Waals surface area (Å²) in [5.74, 6) is 1.27. The highest BCUT2D eigenvalue weighted by atomic mass is 16.2. The molecular formula is C17H31NO2. The molecule has 1 aliphatic carbocycles. The topological polar surface area (TPSA) is 46.2 Å². The van der Waals surface area contributed by atoms with E-state index in [1.165, 1.54) is 0 Å². The van der Waals surface area contributed by atoms with E-state index in [1.807, 2.05) is 41.5 Å². The highest BCUT2D eigenvalue weighted by Crippen LogP contribution is 2.33. The second-order valence-electron chi connectivity index (χ2n) is 8.29. The summed E-state index contributed by atoms with van der Waals surface area (Å²) < 4.78 is 0. The van der Waals surface area contributed by atoms with E-state index in [4.69, 9.17) is 0 Å². The molecule has 3 heteroatoms. The molecular weight excluding hydrogens is 250 g/mol. The van der Waals surface area contributed by atoms with Gasteiger partial charge in [0.15, 0.2) is 0 Å². The highest BCUT2D eigenvalue weighted by molar-refractivity contribution is 5.86. The summed E-state index contributed by atoms with van der Waals surface area (Å²) in [6.07, 6.45) is 4.06. The van der Waals surface area contributed by atoms with E-state index < -0.39 is 0 Å². The van der Waals surface area contributed by atoms with Gasteiger partial charge < -0.3 is 5.32 Å². The third-order valence-electron chi connectivity index (χ3n) is 4.19. The van der Waals surface area contributed by atoms with Crippen LogP contribution in [0.4, 0.5) is 0 Å². The van der Waals surface area contributed by atoms with Crippen molar-refractivity contribution in [3.05, 3.63) is 0 Å². The van der Waals surface area contributed by atoms with Crippen LogP contribution < -0.4 is 5.32 Å². The summed E-state index contributed by atoms with van der Waals surface area (Å²) in [4.78, 5) is 24.1. The monoisotopic (exact) mass is 281 g/mol. The van der Waals surface area contributed by atoms with Gasteiger partial charge in [-0.15, -0.1) is 0 Å². The smallest absolute Gasteiger partial charge is 0.225 e. The van der Waals surface area contributed by atoms with E-state index >= 15 is 0 Å². The maximum atomic E-state index is 12.3. The lowest BCUT2D eigenvalue weighted by molar-refractivity contribution is -0.132. The van der Waals surface area contributed by atoms with Gasteiger partial charge in [-0.05, 0) is 31.6 Å². The van der Waals surface area contributed by atoms with Gasteiger partial charge in [-0.25, -0.2) is 0 Å². The van der Waals surface area contributed by atoms with Crippen molar-refractivity contribution in [2.45, 2.75) is 67.2 Å². The molecule has 1 aliphatic rings. The fourth-order valence-corrected chi connectivity index (χ4v) is 2.74. The van der Waals surface area contributed by atoms with Crippen molar-refractivity contribution in [3.8, 4) is 0 Å². The van der Waals surface area contributed by atoms with Gasteiger partial charge in [-0.1, -0.05) is 41.5 Å². The fraction of sp³-hybridized carbons (Fsp3) is 0.882. The molecule has 1 N–H and O–H groups in total. The Balaban J connectivity index is 2.37. The summed E-state index contributed by atoms with van der Waals surface area (Å²) in [5.41, 5.74) is -0.544. The molecule has 116 valence electrons. The largest absolute Gasteiger partial charge is 0.355 e. The minimum Gasteiger partial charge on any atom is -0.355 e. The van der Waals surface area contributed by atoms with E-state index in [0.717, 1.165) is 32.2 Å². The van der Waals surface area contributed by atoms with Gasteiger partial charge in [0, 0.05) is 23.3 Å². The third-order valence-corrected chi connectivity index (χ3v) is 4.19. The van der Waals surface area contributed by atoms with Crippen molar-refractivity contribution >= 4 is 11.7 Å². The molecule has 0 bridgehead atoms. The minimum absolute atomic E-state index is 0.116. The fourth-order valence-electron chi connectivity index (χ4n) is 2.74. The molecule has 0 atom stereocenters. The van der Waals surface area contributed by atoms with Crippen LogP contribution in [0.25, 0.3) is 0 Å². The molecule has 0 heterocycles. The van der Waals surface area contributed by atoms with E-state index in [1.54, 1.807) is 0 Å². The maximum Gasteiger partial charge on any atom is 0.225 e. The zero-order valence-corrected chi connectivity index (χ0v) is 14.0. The molecule has 0 aromatic rings. The van der Waals surface area contributed by atoms with Crippen LogP contribution in [-0.4, -0.2) is 18.2 Å². The summed E-state index contributed by atoms with van der Waals surface area (Å²) in [7, 11) is 0. The Hall–Kier alpha value is -0.860. The normalized spacial score (nSPS) is 24.3. The number of carbonyl (C=O) groups is 2. The molecule has 1 fully saturated rings. The average Bonchev–Trinajstić information content (AvgIpc) is 2.33. The minimum atomic E-state index is -0.320. The van der Waals surface area contributed by atoms with Crippen molar-refractivity contribution in [1.29, 1.82) is 0 Å². The van der Waals surface area contributed by atoms with Crippen LogP contribution in [0.2, 0.25) is 0 Å². The number of nitrogens with one attached hydrogen (secondary N) is 1. The number of carbonyl (C=O) groups excluding carboxylic acids is 2. The van der Waals surface area contributed by atoms with Crippen LogP contribution in [0.15, 0.2) is 0 Å². The quantitative estimate of drug-likeness (QED) is 0.859. The summed E-state index contributed by atoms with van der Waals surface area (Å²) >= 11 is 0. The van der Waals surface area contributed by atoms with Crippen molar-refractivity contribution in [1.82, 2.24) is 5.32 Å². The van der Waals surface area contributed by atoms with Crippen LogP contribution >= 0.6 is 0 Å². The van der Waals surface area contributed by atoms with Crippen molar-refractivity contribution in [2.24, 2.45) is 22.7 Å². The first-order valence-corrected chi connectivity index (χ1v) is 7.84. The number of Topliss-reactive ketones (excluding diaryl/α,β-unsaturated/α-hetero) is 1. The molecule has 1 rings (SSSR count). The van der Waals surface area contributed by atoms with Crippen molar-refractivity contribution < 1.29 is 9.59 Å². The molecule has 1 saturated carbocycles. The summed E-state index contributed by atoms with van der Waals surface area (Å²) in [6.45, 7) is 12.6. The molecule has 0 aromatic heterocycles. The second-order valence-corrected chi connectivity index (χ2v) is 8.29. The standard InChI is InChI=1S/C17H31NO2/c1-16(2,3)14(19)13-9-7-12(8-10-13)11-18-15(20)17(4,5)6/h12-13H,7-11H2,1-6H3,(H,18,20). The predicted octanol–water partition coefficient (Wildman–Crippen LogP) is 3.57. The Morgan fingerprint density at radius 1 is 0.900 bits per heavy atom. The van der Waals surface area contributed by atoms with Gasteiger partial charge in [-0.2, -0.15) is 0 Å². The summed E-state index contributed by atoms with van der Waals surface area (Å²) in [5, 5.41) is 3.04. The molecule has 0 aliphatic heterocycles. The molecule has 3 nitrogen and oxygen atoms in total. The lowest BCUT2D eigenvalue weighted by Gasteiger charge is -2.32.